The summed E-state index contributed by atoms with van der Waals surface area (Å²) in [5.41, 5.74) is 0.742. The number of likely N-dealkylation sites (N-methyl/N-ethyl adjacent to an activating group) is 1. The third-order valence-electron chi connectivity index (χ3n) is 4.75. The van der Waals surface area contributed by atoms with Gasteiger partial charge in [0, 0.05) is 11.0 Å². The molecule has 0 bridgehead atoms. The average Bonchev–Trinajstić information content (AvgIpc) is 3.07. The molecule has 1 aliphatic heterocycles. The fourth-order valence-electron chi connectivity index (χ4n) is 2.99. The van der Waals surface area contributed by atoms with Crippen molar-refractivity contribution in [3.8, 4) is 11.5 Å². The molecule has 10 heteroatoms. The van der Waals surface area contributed by atoms with Gasteiger partial charge in [-0.05, 0) is 73.1 Å². The van der Waals surface area contributed by atoms with Crippen molar-refractivity contribution in [3.05, 3.63) is 57.4 Å². The Kier molecular flexibility index (Phi) is 8.61. The highest BCUT2D eigenvalue weighted by molar-refractivity contribution is 9.10. The minimum atomic E-state index is -3.96. The molecule has 1 aliphatic rings. The van der Waals surface area contributed by atoms with Gasteiger partial charge in [-0.2, -0.15) is 8.42 Å². The van der Waals surface area contributed by atoms with Crippen LogP contribution >= 0.6 is 27.7 Å². The van der Waals surface area contributed by atoms with Crippen LogP contribution in [0.3, 0.4) is 0 Å². The summed E-state index contributed by atoms with van der Waals surface area (Å²) in [5, 5.41) is 0.129. The number of sulfonamides is 1. The Balaban J connectivity index is 1.91. The number of ether oxygens (including phenoxy) is 2. The molecule has 0 saturated carbocycles. The van der Waals surface area contributed by atoms with Gasteiger partial charge in [0.15, 0.2) is 16.7 Å². The fraction of sp³-hybridized carbons (Fsp3) is 0.304. The zero-order valence-electron chi connectivity index (χ0n) is 18.6. The smallest absolute Gasteiger partial charge is 0.284 e. The Labute approximate surface area is 207 Å². The number of thioether (sulfide) groups is 1. The molecular formula is C23H25BrN2O5S2. The van der Waals surface area contributed by atoms with Crippen LogP contribution in [0.1, 0.15) is 32.3 Å². The van der Waals surface area contributed by atoms with Gasteiger partial charge >= 0.3 is 0 Å². The van der Waals surface area contributed by atoms with Crippen molar-refractivity contribution in [1.82, 2.24) is 4.90 Å². The van der Waals surface area contributed by atoms with E-state index < -0.39 is 10.0 Å². The quantitative estimate of drug-likeness (QED) is 0.309. The van der Waals surface area contributed by atoms with Crippen LogP contribution in [-0.4, -0.2) is 44.7 Å². The molecule has 1 heterocycles. The number of amidine groups is 1. The van der Waals surface area contributed by atoms with Gasteiger partial charge in [0.25, 0.3) is 15.9 Å². The molecule has 0 unspecified atom stereocenters. The molecule has 176 valence electrons. The second-order valence-electron chi connectivity index (χ2n) is 7.08. The summed E-state index contributed by atoms with van der Waals surface area (Å²) in [6, 6.07) is 11.6. The Bertz CT molecular complexity index is 1180. The molecular weight excluding hydrogens is 528 g/mol. The number of hydrogen-bond donors (Lipinski definition) is 0. The second kappa shape index (κ2) is 11.2. The van der Waals surface area contributed by atoms with E-state index in [0.29, 0.717) is 29.6 Å². The molecule has 33 heavy (non-hydrogen) atoms. The Morgan fingerprint density at radius 3 is 2.48 bits per heavy atom. The molecule has 0 aromatic heterocycles. The summed E-state index contributed by atoms with van der Waals surface area (Å²) in [6.45, 7) is 4.72. The second-order valence-corrected chi connectivity index (χ2v) is 10.6. The predicted molar refractivity (Wildman–Crippen MR) is 135 cm³/mol. The lowest BCUT2D eigenvalue weighted by Crippen LogP contribution is -2.29. The van der Waals surface area contributed by atoms with Crippen LogP contribution in [0.15, 0.2) is 61.1 Å². The summed E-state index contributed by atoms with van der Waals surface area (Å²) in [4.78, 5) is 14.7. The van der Waals surface area contributed by atoms with Crippen molar-refractivity contribution in [2.24, 2.45) is 4.40 Å². The van der Waals surface area contributed by atoms with Crippen molar-refractivity contribution in [1.29, 1.82) is 0 Å². The van der Waals surface area contributed by atoms with Gasteiger partial charge in [-0.25, -0.2) is 0 Å². The maximum Gasteiger partial charge on any atom is 0.284 e. The van der Waals surface area contributed by atoms with Gasteiger partial charge in [0.1, 0.15) is 0 Å². The molecule has 7 nitrogen and oxygen atoms in total. The van der Waals surface area contributed by atoms with Gasteiger partial charge in [0.05, 0.1) is 23.5 Å². The average molecular weight is 554 g/mol. The molecule has 2 aromatic carbocycles. The van der Waals surface area contributed by atoms with E-state index in [1.807, 2.05) is 6.07 Å². The Morgan fingerprint density at radius 1 is 1.12 bits per heavy atom. The molecule has 3 rings (SSSR count). The van der Waals surface area contributed by atoms with E-state index in [4.69, 9.17) is 9.47 Å². The van der Waals surface area contributed by atoms with Crippen LogP contribution in [0.4, 0.5) is 0 Å². The van der Waals surface area contributed by atoms with Crippen molar-refractivity contribution in [3.63, 3.8) is 0 Å². The highest BCUT2D eigenvalue weighted by Gasteiger charge is 2.34. The van der Waals surface area contributed by atoms with E-state index in [1.165, 1.54) is 17.0 Å². The molecule has 0 radical (unpaired) electrons. The monoisotopic (exact) mass is 552 g/mol. The van der Waals surface area contributed by atoms with Crippen molar-refractivity contribution in [2.45, 2.75) is 31.6 Å². The van der Waals surface area contributed by atoms with E-state index in [0.717, 1.165) is 34.6 Å². The third-order valence-corrected chi connectivity index (χ3v) is 7.69. The molecule has 0 aliphatic carbocycles. The zero-order chi connectivity index (χ0) is 24.0. The number of halogens is 1. The molecule has 0 atom stereocenters. The normalized spacial score (nSPS) is 16.6. The van der Waals surface area contributed by atoms with Gasteiger partial charge in [-0.15, -0.1) is 4.40 Å². The number of carbonyl (C=O) groups excluding carboxylic acids is 1. The van der Waals surface area contributed by atoms with Gasteiger partial charge < -0.3 is 9.47 Å². The van der Waals surface area contributed by atoms with Gasteiger partial charge in [0.2, 0.25) is 0 Å². The van der Waals surface area contributed by atoms with Crippen molar-refractivity contribution in [2.75, 3.05) is 20.3 Å². The molecule has 1 saturated heterocycles. The van der Waals surface area contributed by atoms with Crippen LogP contribution in [0.5, 0.6) is 11.5 Å². The summed E-state index contributed by atoms with van der Waals surface area (Å²) in [7, 11) is -2.39. The summed E-state index contributed by atoms with van der Waals surface area (Å²) in [5.74, 6) is 0.906. The van der Waals surface area contributed by atoms with Crippen molar-refractivity contribution < 1.29 is 22.7 Å². The summed E-state index contributed by atoms with van der Waals surface area (Å²) >= 11 is 4.32. The Hall–Kier alpha value is -2.30. The fourth-order valence-corrected chi connectivity index (χ4v) is 5.50. The van der Waals surface area contributed by atoms with E-state index in [-0.39, 0.29) is 16.0 Å². The van der Waals surface area contributed by atoms with Crippen LogP contribution in [0, 0.1) is 0 Å². The SMILES string of the molecule is CCCCOc1cc(C=C2SC(=NS(=O)(=O)c3ccc(Br)cc3)N(CC)C2=O)ccc1OC. The van der Waals surface area contributed by atoms with E-state index in [1.54, 1.807) is 44.4 Å². The van der Waals surface area contributed by atoms with Crippen LogP contribution in [-0.2, 0) is 14.8 Å². The van der Waals surface area contributed by atoms with Crippen LogP contribution in [0.25, 0.3) is 6.08 Å². The lowest BCUT2D eigenvalue weighted by atomic mass is 10.2. The van der Waals surface area contributed by atoms with Crippen molar-refractivity contribution >= 4 is 54.9 Å². The van der Waals surface area contributed by atoms with Gasteiger partial charge in [-0.1, -0.05) is 35.3 Å². The number of unbranched alkanes of at least 4 members (excludes halogenated alkanes) is 1. The highest BCUT2D eigenvalue weighted by Crippen LogP contribution is 2.35. The van der Waals surface area contributed by atoms with Crippen LogP contribution < -0.4 is 9.47 Å². The minimum Gasteiger partial charge on any atom is -0.493 e. The van der Waals surface area contributed by atoms with Crippen LogP contribution in [0.2, 0.25) is 0 Å². The molecule has 1 fully saturated rings. The topological polar surface area (TPSA) is 85.3 Å². The van der Waals surface area contributed by atoms with E-state index in [9.17, 15) is 13.2 Å². The maximum atomic E-state index is 12.9. The van der Waals surface area contributed by atoms with E-state index >= 15 is 0 Å². The summed E-state index contributed by atoms with van der Waals surface area (Å²) in [6.07, 6.45) is 3.63. The summed E-state index contributed by atoms with van der Waals surface area (Å²) < 4.78 is 41.4. The number of rotatable bonds is 9. The lowest BCUT2D eigenvalue weighted by Gasteiger charge is -2.12. The molecule has 0 spiro atoms. The zero-order valence-corrected chi connectivity index (χ0v) is 21.8. The molecule has 2 aromatic rings. The third kappa shape index (κ3) is 6.18. The number of nitrogens with zero attached hydrogens (tertiary/aromatic N) is 2. The predicted octanol–water partition coefficient (Wildman–Crippen LogP) is 5.32. The lowest BCUT2D eigenvalue weighted by molar-refractivity contribution is -0.122. The van der Waals surface area contributed by atoms with E-state index in [2.05, 4.69) is 27.3 Å². The minimum absolute atomic E-state index is 0.0590. The number of amides is 1. The molecule has 0 N–H and O–H groups in total. The highest BCUT2D eigenvalue weighted by atomic mass is 79.9. The first-order chi connectivity index (χ1) is 15.8. The standard InChI is InChI=1S/C23H25BrN2O5S2/c1-4-6-13-31-20-14-16(7-12-19(20)30-3)15-21-22(27)26(5-2)23(32-21)25-33(28,29)18-10-8-17(24)9-11-18/h7-12,14-15H,4-6,13H2,1-3H3. The number of methoxy groups -OCH3 is 1. The van der Waals surface area contributed by atoms with Gasteiger partial charge in [-0.3, -0.25) is 9.69 Å². The first-order valence-corrected chi connectivity index (χ1v) is 13.5. The first-order valence-electron chi connectivity index (χ1n) is 10.4. The largest absolute Gasteiger partial charge is 0.493 e. The number of hydrogen-bond acceptors (Lipinski definition) is 6. The Morgan fingerprint density at radius 2 is 1.85 bits per heavy atom. The first kappa shape index (κ1) is 25.3. The number of carbonyl (C=O) groups is 1. The maximum absolute atomic E-state index is 12.9. The number of benzene rings is 2. The molecule has 1 amide bonds.